The lowest BCUT2D eigenvalue weighted by atomic mass is 10.3. The van der Waals surface area contributed by atoms with Crippen LogP contribution in [0.5, 0.6) is 5.88 Å². The third kappa shape index (κ3) is 4.42. The van der Waals surface area contributed by atoms with E-state index in [9.17, 15) is 18.0 Å². The summed E-state index contributed by atoms with van der Waals surface area (Å²) < 4.78 is 42.1. The molecule has 0 saturated heterocycles. The molecule has 5 nitrogen and oxygen atoms in total. The monoisotopic (exact) mass is 317 g/mol. The van der Waals surface area contributed by atoms with Gasteiger partial charge < -0.3 is 9.30 Å². The highest BCUT2D eigenvalue weighted by Crippen LogP contribution is 2.17. The lowest BCUT2D eigenvalue weighted by Gasteiger charge is -2.07. The SMILES string of the molecule is Cn1ccsc1=NC(=O)c1ccc(OCC(F)(F)F)nc1. The Morgan fingerprint density at radius 3 is 2.76 bits per heavy atom. The van der Waals surface area contributed by atoms with Gasteiger partial charge in [0.15, 0.2) is 11.4 Å². The maximum atomic E-state index is 12.0. The molecule has 2 aromatic heterocycles. The smallest absolute Gasteiger partial charge is 0.422 e. The van der Waals surface area contributed by atoms with E-state index in [1.807, 2.05) is 0 Å². The molecule has 0 unspecified atom stereocenters. The zero-order valence-electron chi connectivity index (χ0n) is 10.8. The van der Waals surface area contributed by atoms with Gasteiger partial charge in [-0.15, -0.1) is 11.3 Å². The minimum atomic E-state index is -4.43. The van der Waals surface area contributed by atoms with E-state index in [0.717, 1.165) is 6.20 Å². The number of carbonyl (C=O) groups excluding carboxylic acids is 1. The second-order valence-electron chi connectivity index (χ2n) is 4.00. The van der Waals surface area contributed by atoms with Gasteiger partial charge in [0.05, 0.1) is 5.56 Å². The first kappa shape index (κ1) is 15.2. The van der Waals surface area contributed by atoms with E-state index in [2.05, 4.69) is 14.7 Å². The lowest BCUT2D eigenvalue weighted by Crippen LogP contribution is -2.19. The van der Waals surface area contributed by atoms with E-state index < -0.39 is 18.7 Å². The molecule has 0 aliphatic carbocycles. The van der Waals surface area contributed by atoms with Crippen LogP contribution in [0.15, 0.2) is 34.9 Å². The molecule has 2 heterocycles. The van der Waals surface area contributed by atoms with Crippen LogP contribution >= 0.6 is 11.3 Å². The van der Waals surface area contributed by atoms with Gasteiger partial charge in [-0.25, -0.2) is 4.98 Å². The number of nitrogens with zero attached hydrogens (tertiary/aromatic N) is 3. The topological polar surface area (TPSA) is 56.5 Å². The number of hydrogen-bond acceptors (Lipinski definition) is 4. The fraction of sp³-hybridized carbons (Fsp3) is 0.250. The van der Waals surface area contributed by atoms with Crippen molar-refractivity contribution in [2.75, 3.05) is 6.61 Å². The van der Waals surface area contributed by atoms with E-state index in [4.69, 9.17) is 0 Å². The Balaban J connectivity index is 2.09. The van der Waals surface area contributed by atoms with Crippen molar-refractivity contribution in [2.45, 2.75) is 6.18 Å². The van der Waals surface area contributed by atoms with Gasteiger partial charge in [-0.05, 0) is 6.07 Å². The zero-order chi connectivity index (χ0) is 15.5. The fourth-order valence-electron chi connectivity index (χ4n) is 1.33. The summed E-state index contributed by atoms with van der Waals surface area (Å²) in [5.74, 6) is -0.728. The Morgan fingerprint density at radius 1 is 1.48 bits per heavy atom. The quantitative estimate of drug-likeness (QED) is 0.872. The van der Waals surface area contributed by atoms with Crippen molar-refractivity contribution in [3.8, 4) is 5.88 Å². The number of amides is 1. The molecule has 0 saturated carbocycles. The molecular weight excluding hydrogens is 307 g/mol. The average molecular weight is 317 g/mol. The van der Waals surface area contributed by atoms with Crippen molar-refractivity contribution >= 4 is 17.2 Å². The van der Waals surface area contributed by atoms with E-state index in [-0.39, 0.29) is 11.4 Å². The number of halogens is 3. The van der Waals surface area contributed by atoms with Crippen molar-refractivity contribution in [2.24, 2.45) is 12.0 Å². The fourth-order valence-corrected chi connectivity index (χ4v) is 2.06. The summed E-state index contributed by atoms with van der Waals surface area (Å²) in [5.41, 5.74) is 0.169. The van der Waals surface area contributed by atoms with Crippen molar-refractivity contribution < 1.29 is 22.7 Å². The Morgan fingerprint density at radius 2 is 2.24 bits per heavy atom. The van der Waals surface area contributed by atoms with E-state index >= 15 is 0 Å². The molecule has 2 rings (SSSR count). The second kappa shape index (κ2) is 6.08. The Hall–Kier alpha value is -2.16. The van der Waals surface area contributed by atoms with Gasteiger partial charge in [-0.1, -0.05) is 0 Å². The number of pyridine rings is 1. The van der Waals surface area contributed by atoms with Gasteiger partial charge >= 0.3 is 6.18 Å². The molecule has 0 aromatic carbocycles. The normalized spacial score (nSPS) is 12.5. The van der Waals surface area contributed by atoms with Crippen LogP contribution in [-0.4, -0.2) is 28.2 Å². The summed E-state index contributed by atoms with van der Waals surface area (Å²) in [4.78, 5) is 19.9. The van der Waals surface area contributed by atoms with Crippen LogP contribution in [0.1, 0.15) is 10.4 Å². The van der Waals surface area contributed by atoms with E-state index in [1.165, 1.54) is 23.5 Å². The first-order chi connectivity index (χ1) is 9.85. The molecule has 0 atom stereocenters. The van der Waals surface area contributed by atoms with Crippen molar-refractivity contribution in [1.29, 1.82) is 0 Å². The van der Waals surface area contributed by atoms with Crippen LogP contribution in [0.25, 0.3) is 0 Å². The minimum absolute atomic E-state index is 0.169. The van der Waals surface area contributed by atoms with Crippen LogP contribution in [0.4, 0.5) is 13.2 Å². The number of aromatic nitrogens is 2. The number of thiazole rings is 1. The van der Waals surface area contributed by atoms with Crippen LogP contribution in [-0.2, 0) is 7.05 Å². The van der Waals surface area contributed by atoms with E-state index in [0.29, 0.717) is 4.80 Å². The van der Waals surface area contributed by atoms with Gasteiger partial charge in [-0.2, -0.15) is 18.2 Å². The highest BCUT2D eigenvalue weighted by atomic mass is 32.1. The third-order valence-corrected chi connectivity index (χ3v) is 3.17. The number of alkyl halides is 3. The van der Waals surface area contributed by atoms with Crippen molar-refractivity contribution in [1.82, 2.24) is 9.55 Å². The number of carbonyl (C=O) groups is 1. The number of ether oxygens (including phenoxy) is 1. The Kier molecular flexibility index (Phi) is 4.41. The maximum Gasteiger partial charge on any atom is 0.422 e. The van der Waals surface area contributed by atoms with Gasteiger partial charge in [0.1, 0.15) is 0 Å². The lowest BCUT2D eigenvalue weighted by molar-refractivity contribution is -0.154. The zero-order valence-corrected chi connectivity index (χ0v) is 11.6. The molecule has 0 aliphatic heterocycles. The summed E-state index contributed by atoms with van der Waals surface area (Å²) in [7, 11) is 1.74. The minimum Gasteiger partial charge on any atom is -0.468 e. The highest BCUT2D eigenvalue weighted by molar-refractivity contribution is 7.07. The van der Waals surface area contributed by atoms with Crippen molar-refractivity contribution in [3.05, 3.63) is 40.3 Å². The molecule has 9 heteroatoms. The van der Waals surface area contributed by atoms with Gasteiger partial charge in [0, 0.05) is 30.9 Å². The molecule has 0 N–H and O–H groups in total. The van der Waals surface area contributed by atoms with Crippen molar-refractivity contribution in [3.63, 3.8) is 0 Å². The van der Waals surface area contributed by atoms with Gasteiger partial charge in [-0.3, -0.25) is 4.79 Å². The predicted octanol–water partition coefficient (Wildman–Crippen LogP) is 2.16. The average Bonchev–Trinajstić information content (AvgIpc) is 2.82. The van der Waals surface area contributed by atoms with Crippen LogP contribution in [0.3, 0.4) is 0 Å². The summed E-state index contributed by atoms with van der Waals surface area (Å²) in [6.07, 6.45) is -1.55. The summed E-state index contributed by atoms with van der Waals surface area (Å²) in [5, 5.41) is 1.78. The molecule has 0 radical (unpaired) electrons. The maximum absolute atomic E-state index is 12.0. The molecule has 112 valence electrons. The molecule has 0 aliphatic rings. The summed E-state index contributed by atoms with van der Waals surface area (Å²) >= 11 is 1.29. The first-order valence-corrected chi connectivity index (χ1v) is 6.58. The van der Waals surface area contributed by atoms with Crippen LogP contribution < -0.4 is 9.54 Å². The second-order valence-corrected chi connectivity index (χ2v) is 4.88. The Labute approximate surface area is 121 Å². The number of aryl methyl sites for hydroxylation is 1. The summed E-state index contributed by atoms with van der Waals surface area (Å²) in [6.45, 7) is -1.43. The molecule has 2 aromatic rings. The molecular formula is C12H10F3N3O2S. The highest BCUT2D eigenvalue weighted by Gasteiger charge is 2.28. The molecule has 1 amide bonds. The molecule has 0 fully saturated rings. The standard InChI is InChI=1S/C12H10F3N3O2S/c1-18-4-5-21-11(18)17-10(19)8-2-3-9(16-6-8)20-7-12(13,14)15/h2-6H,7H2,1H3. The molecule has 0 bridgehead atoms. The summed E-state index contributed by atoms with van der Waals surface area (Å²) in [6, 6.07) is 2.51. The number of rotatable bonds is 3. The van der Waals surface area contributed by atoms with Crippen LogP contribution in [0.2, 0.25) is 0 Å². The third-order valence-electron chi connectivity index (χ3n) is 2.32. The molecule has 0 spiro atoms. The van der Waals surface area contributed by atoms with E-state index in [1.54, 1.807) is 23.2 Å². The molecule has 21 heavy (non-hydrogen) atoms. The van der Waals surface area contributed by atoms with Gasteiger partial charge in [0.25, 0.3) is 5.91 Å². The predicted molar refractivity (Wildman–Crippen MR) is 69.0 cm³/mol. The van der Waals surface area contributed by atoms with Crippen LogP contribution in [0, 0.1) is 0 Å². The van der Waals surface area contributed by atoms with Gasteiger partial charge in [0.2, 0.25) is 5.88 Å². The number of hydrogen-bond donors (Lipinski definition) is 0. The largest absolute Gasteiger partial charge is 0.468 e. The Bertz CT molecular complexity index is 689. The first-order valence-electron chi connectivity index (χ1n) is 5.70.